The van der Waals surface area contributed by atoms with E-state index in [1.54, 1.807) is 6.92 Å². The highest BCUT2D eigenvalue weighted by atomic mass is 32.2. The van der Waals surface area contributed by atoms with Crippen LogP contribution in [0.25, 0.3) is 0 Å². The zero-order valence-electron chi connectivity index (χ0n) is 11.3. The van der Waals surface area contributed by atoms with E-state index in [0.29, 0.717) is 0 Å². The van der Waals surface area contributed by atoms with Gasteiger partial charge < -0.3 is 15.1 Å². The van der Waals surface area contributed by atoms with Crippen LogP contribution in [-0.2, 0) is 19.6 Å². The summed E-state index contributed by atoms with van der Waals surface area (Å²) < 4.78 is 26.5. The van der Waals surface area contributed by atoms with Crippen molar-refractivity contribution in [3.8, 4) is 0 Å². The molecule has 0 aliphatic carbocycles. The van der Waals surface area contributed by atoms with E-state index in [1.165, 1.54) is 24.3 Å². The Balaban J connectivity index is 3.31. The summed E-state index contributed by atoms with van der Waals surface area (Å²) in [5.74, 6) is -2.51. The highest BCUT2D eigenvalue weighted by Crippen LogP contribution is 2.24. The third kappa shape index (κ3) is 4.72. The lowest BCUT2D eigenvalue weighted by Crippen LogP contribution is -2.36. The minimum Gasteiger partial charge on any atom is -0.480 e. The van der Waals surface area contributed by atoms with Crippen LogP contribution in [0.2, 0.25) is 0 Å². The predicted molar refractivity (Wildman–Crippen MR) is 74.8 cm³/mol. The molecule has 0 aromatic heterocycles. The van der Waals surface area contributed by atoms with E-state index in [2.05, 4.69) is 4.72 Å². The van der Waals surface area contributed by atoms with Gasteiger partial charge in [0.05, 0.1) is 5.69 Å². The largest absolute Gasteiger partial charge is 0.480 e. The number of hydrogen-bond acceptors (Lipinski definition) is 5. The second-order valence-corrected chi connectivity index (χ2v) is 5.85. The molecule has 1 aromatic rings. The minimum atomic E-state index is -3.84. The van der Waals surface area contributed by atoms with Gasteiger partial charge in [-0.2, -0.15) is 0 Å². The fourth-order valence-corrected chi connectivity index (χ4v) is 3.03. The summed E-state index contributed by atoms with van der Waals surface area (Å²) in [4.78, 5) is 22.5. The van der Waals surface area contributed by atoms with Gasteiger partial charge in [0.2, 0.25) is 10.0 Å². The number of anilines is 1. The first-order valence-electron chi connectivity index (χ1n) is 6.05. The van der Waals surface area contributed by atoms with Crippen LogP contribution in [0.5, 0.6) is 0 Å². The number of para-hydroxylation sites is 1. The van der Waals surface area contributed by atoms with Crippen LogP contribution in [0.15, 0.2) is 29.2 Å². The number of carboxylic acid groups (broad SMARTS) is 2. The zero-order valence-corrected chi connectivity index (χ0v) is 12.1. The van der Waals surface area contributed by atoms with E-state index >= 15 is 0 Å². The molecular formula is C12H16N2O6S. The van der Waals surface area contributed by atoms with Crippen molar-refractivity contribution in [3.05, 3.63) is 24.3 Å². The predicted octanol–water partition coefficient (Wildman–Crippen LogP) is -0.0396. The average molecular weight is 316 g/mol. The molecule has 0 aliphatic rings. The Kier molecular flexibility index (Phi) is 5.68. The van der Waals surface area contributed by atoms with Crippen LogP contribution >= 0.6 is 0 Å². The van der Waals surface area contributed by atoms with Crippen molar-refractivity contribution >= 4 is 27.6 Å². The standard InChI is InChI=1S/C12H16N2O6S/c1-2-13-21(19,20)10-6-4-3-5-9(10)14(7-11(15)16)8-12(17)18/h3-6,13H,2,7-8H2,1H3,(H,15,16)(H,17,18). The molecule has 0 radical (unpaired) electrons. The number of rotatable bonds is 8. The van der Waals surface area contributed by atoms with E-state index in [-0.39, 0.29) is 17.1 Å². The van der Waals surface area contributed by atoms with Gasteiger partial charge in [0.15, 0.2) is 0 Å². The number of sulfonamides is 1. The van der Waals surface area contributed by atoms with Gasteiger partial charge in [-0.15, -0.1) is 0 Å². The molecule has 3 N–H and O–H groups in total. The lowest BCUT2D eigenvalue weighted by Gasteiger charge is -2.23. The van der Waals surface area contributed by atoms with Crippen LogP contribution in [-0.4, -0.2) is 50.2 Å². The molecule has 1 rings (SSSR count). The third-order valence-corrected chi connectivity index (χ3v) is 4.08. The Labute approximate surface area is 122 Å². The first-order valence-corrected chi connectivity index (χ1v) is 7.53. The van der Waals surface area contributed by atoms with Crippen LogP contribution in [0.1, 0.15) is 6.92 Å². The van der Waals surface area contributed by atoms with Crippen molar-refractivity contribution in [2.75, 3.05) is 24.5 Å². The Bertz CT molecular complexity index is 612. The summed E-state index contributed by atoms with van der Waals surface area (Å²) >= 11 is 0. The molecule has 0 atom stereocenters. The lowest BCUT2D eigenvalue weighted by atomic mass is 10.3. The Morgan fingerprint density at radius 3 is 2.14 bits per heavy atom. The van der Waals surface area contributed by atoms with Gasteiger partial charge in [-0.05, 0) is 12.1 Å². The number of nitrogens with one attached hydrogen (secondary N) is 1. The molecule has 0 spiro atoms. The number of nitrogens with zero attached hydrogens (tertiary/aromatic N) is 1. The molecule has 0 saturated carbocycles. The van der Waals surface area contributed by atoms with Gasteiger partial charge in [-0.25, -0.2) is 13.1 Å². The fraction of sp³-hybridized carbons (Fsp3) is 0.333. The monoisotopic (exact) mass is 316 g/mol. The molecule has 1 aromatic carbocycles. The molecule has 0 aliphatic heterocycles. The van der Waals surface area contributed by atoms with Crippen molar-refractivity contribution in [1.29, 1.82) is 0 Å². The summed E-state index contributed by atoms with van der Waals surface area (Å²) in [7, 11) is -3.84. The molecule has 8 nitrogen and oxygen atoms in total. The van der Waals surface area contributed by atoms with Crippen LogP contribution in [0.3, 0.4) is 0 Å². The van der Waals surface area contributed by atoms with Gasteiger partial charge in [-0.1, -0.05) is 19.1 Å². The highest BCUT2D eigenvalue weighted by molar-refractivity contribution is 7.89. The van der Waals surface area contributed by atoms with Gasteiger partial charge in [0.25, 0.3) is 0 Å². The lowest BCUT2D eigenvalue weighted by molar-refractivity contribution is -0.136. The fourth-order valence-electron chi connectivity index (χ4n) is 1.77. The van der Waals surface area contributed by atoms with Crippen molar-refractivity contribution in [2.45, 2.75) is 11.8 Å². The zero-order chi connectivity index (χ0) is 16.0. The van der Waals surface area contributed by atoms with Crippen molar-refractivity contribution in [2.24, 2.45) is 0 Å². The maximum atomic E-state index is 12.1. The molecular weight excluding hydrogens is 300 g/mol. The van der Waals surface area contributed by atoms with E-state index in [9.17, 15) is 18.0 Å². The average Bonchev–Trinajstić information content (AvgIpc) is 2.37. The van der Waals surface area contributed by atoms with Crippen molar-refractivity contribution in [3.63, 3.8) is 0 Å². The van der Waals surface area contributed by atoms with Crippen molar-refractivity contribution in [1.82, 2.24) is 4.72 Å². The Morgan fingerprint density at radius 1 is 1.14 bits per heavy atom. The minimum absolute atomic E-state index is 0.0308. The second kappa shape index (κ2) is 7.04. The second-order valence-electron chi connectivity index (χ2n) is 4.11. The summed E-state index contributed by atoms with van der Waals surface area (Å²) in [5.41, 5.74) is 0.0308. The maximum Gasteiger partial charge on any atom is 0.323 e. The number of hydrogen-bond donors (Lipinski definition) is 3. The van der Waals surface area contributed by atoms with E-state index < -0.39 is 35.1 Å². The number of carbonyl (C=O) groups is 2. The van der Waals surface area contributed by atoms with Gasteiger partial charge >= 0.3 is 11.9 Å². The number of carboxylic acids is 2. The summed E-state index contributed by atoms with van der Waals surface area (Å²) in [6.45, 7) is 0.525. The third-order valence-electron chi connectivity index (χ3n) is 2.48. The summed E-state index contributed by atoms with van der Waals surface area (Å²) in [5, 5.41) is 17.7. The maximum absolute atomic E-state index is 12.1. The molecule has 0 bridgehead atoms. The van der Waals surface area contributed by atoms with E-state index in [0.717, 1.165) is 4.90 Å². The molecule has 21 heavy (non-hydrogen) atoms. The normalized spacial score (nSPS) is 11.1. The summed E-state index contributed by atoms with van der Waals surface area (Å²) in [6, 6.07) is 5.66. The first-order chi connectivity index (χ1) is 9.77. The number of aliphatic carboxylic acids is 2. The van der Waals surface area contributed by atoms with Gasteiger partial charge in [-0.3, -0.25) is 9.59 Å². The van der Waals surface area contributed by atoms with Crippen LogP contribution in [0.4, 0.5) is 5.69 Å². The highest BCUT2D eigenvalue weighted by Gasteiger charge is 2.23. The summed E-state index contributed by atoms with van der Waals surface area (Å²) in [6.07, 6.45) is 0. The van der Waals surface area contributed by atoms with Crippen LogP contribution < -0.4 is 9.62 Å². The Morgan fingerprint density at radius 2 is 1.67 bits per heavy atom. The molecule has 0 heterocycles. The number of benzene rings is 1. The van der Waals surface area contributed by atoms with E-state index in [4.69, 9.17) is 10.2 Å². The quantitative estimate of drug-likeness (QED) is 0.614. The molecule has 9 heteroatoms. The van der Waals surface area contributed by atoms with Crippen LogP contribution in [0, 0.1) is 0 Å². The van der Waals surface area contributed by atoms with Gasteiger partial charge in [0, 0.05) is 6.54 Å². The van der Waals surface area contributed by atoms with Crippen molar-refractivity contribution < 1.29 is 28.2 Å². The molecule has 116 valence electrons. The molecule has 0 amide bonds. The Hall–Kier alpha value is -2.13. The van der Waals surface area contributed by atoms with Gasteiger partial charge in [0.1, 0.15) is 18.0 Å². The SMILES string of the molecule is CCNS(=O)(=O)c1ccccc1N(CC(=O)O)CC(=O)O. The first kappa shape index (κ1) is 16.9. The molecule has 0 unspecified atom stereocenters. The molecule has 0 saturated heterocycles. The van der Waals surface area contributed by atoms with E-state index in [1.807, 2.05) is 0 Å². The molecule has 0 fully saturated rings. The smallest absolute Gasteiger partial charge is 0.323 e. The topological polar surface area (TPSA) is 124 Å².